The molecule has 0 spiro atoms. The first kappa shape index (κ1) is 18.0. The van der Waals surface area contributed by atoms with Crippen LogP contribution in [0.5, 0.6) is 11.5 Å². The number of piperidine rings is 1. The Balaban J connectivity index is 1.38. The van der Waals surface area contributed by atoms with Gasteiger partial charge in [0.25, 0.3) is 0 Å². The van der Waals surface area contributed by atoms with Crippen LogP contribution in [-0.4, -0.2) is 64.8 Å². The van der Waals surface area contributed by atoms with Crippen molar-refractivity contribution in [3.8, 4) is 11.5 Å². The van der Waals surface area contributed by atoms with E-state index in [2.05, 4.69) is 22.0 Å². The highest BCUT2D eigenvalue weighted by atomic mass is 32.2. The zero-order valence-electron chi connectivity index (χ0n) is 15.1. The quantitative estimate of drug-likeness (QED) is 0.791. The number of ether oxygens (including phenoxy) is 2. The molecule has 0 bridgehead atoms. The van der Waals surface area contributed by atoms with Gasteiger partial charge in [0.15, 0.2) is 11.5 Å². The lowest BCUT2D eigenvalue weighted by atomic mass is 9.86. The summed E-state index contributed by atoms with van der Waals surface area (Å²) in [7, 11) is -1.43. The molecule has 0 aromatic heterocycles. The number of nitrogens with zero attached hydrogens (tertiary/aromatic N) is 1. The Bertz CT molecular complexity index is 747. The van der Waals surface area contributed by atoms with Gasteiger partial charge >= 0.3 is 0 Å². The van der Waals surface area contributed by atoms with Gasteiger partial charge < -0.3 is 19.7 Å². The van der Waals surface area contributed by atoms with Crippen LogP contribution >= 0.6 is 0 Å². The van der Waals surface area contributed by atoms with Crippen molar-refractivity contribution in [1.82, 2.24) is 14.9 Å². The molecule has 0 unspecified atom stereocenters. The van der Waals surface area contributed by atoms with Gasteiger partial charge in [-0.05, 0) is 58.0 Å². The van der Waals surface area contributed by atoms with Crippen LogP contribution in [0.3, 0.4) is 0 Å². The Labute approximate surface area is 155 Å². The maximum absolute atomic E-state index is 12.8. The molecule has 2 N–H and O–H groups in total. The average Bonchev–Trinajstić information content (AvgIpc) is 2.64. The number of sulfonamides is 1. The second kappa shape index (κ2) is 7.34. The van der Waals surface area contributed by atoms with Crippen molar-refractivity contribution in [2.75, 3.05) is 33.4 Å². The molecule has 1 aromatic carbocycles. The van der Waals surface area contributed by atoms with Crippen LogP contribution in [-0.2, 0) is 10.0 Å². The molecule has 1 aliphatic carbocycles. The minimum Gasteiger partial charge on any atom is -0.486 e. The number of hydrogen-bond acceptors (Lipinski definition) is 6. The van der Waals surface area contributed by atoms with Gasteiger partial charge in [0.1, 0.15) is 13.2 Å². The fourth-order valence-corrected chi connectivity index (χ4v) is 5.10. The molecule has 2 atom stereocenters. The Morgan fingerprint density at radius 1 is 1.00 bits per heavy atom. The standard InChI is InChI=1S/C18H27N3O4S/c1-21-8-6-13(7-9-21)19-15-3-4-16(15)20-26(22,23)14-2-5-17-18(12-14)25-11-10-24-17/h2,5,12-13,15-16,19-20H,3-4,6-11H2,1H3/t15-,16+/m1/s1. The van der Waals surface area contributed by atoms with E-state index in [9.17, 15) is 8.42 Å². The van der Waals surface area contributed by atoms with Gasteiger partial charge in [0.05, 0.1) is 4.90 Å². The van der Waals surface area contributed by atoms with Crippen LogP contribution in [0.25, 0.3) is 0 Å². The molecule has 1 saturated carbocycles. The lowest BCUT2D eigenvalue weighted by molar-refractivity contribution is 0.171. The molecular formula is C18H27N3O4S. The van der Waals surface area contributed by atoms with Crippen molar-refractivity contribution in [3.05, 3.63) is 18.2 Å². The van der Waals surface area contributed by atoms with Crippen molar-refractivity contribution in [2.24, 2.45) is 0 Å². The zero-order chi connectivity index (χ0) is 18.1. The fraction of sp³-hybridized carbons (Fsp3) is 0.667. The number of hydrogen-bond donors (Lipinski definition) is 2. The third kappa shape index (κ3) is 3.83. The molecule has 2 heterocycles. The van der Waals surface area contributed by atoms with E-state index in [4.69, 9.17) is 9.47 Å². The molecule has 4 rings (SSSR count). The molecule has 3 aliphatic rings. The van der Waals surface area contributed by atoms with E-state index in [1.54, 1.807) is 18.2 Å². The van der Waals surface area contributed by atoms with E-state index in [1.807, 2.05) is 0 Å². The molecular weight excluding hydrogens is 354 g/mol. The van der Waals surface area contributed by atoms with Crippen molar-refractivity contribution in [2.45, 2.75) is 48.7 Å². The van der Waals surface area contributed by atoms with Crippen LogP contribution in [0.2, 0.25) is 0 Å². The molecule has 1 aromatic rings. The third-order valence-corrected chi connectivity index (χ3v) is 7.06. The minimum atomic E-state index is -3.57. The second-order valence-electron chi connectivity index (χ2n) is 7.46. The van der Waals surface area contributed by atoms with Gasteiger partial charge in [-0.1, -0.05) is 0 Å². The molecule has 26 heavy (non-hydrogen) atoms. The number of nitrogens with one attached hydrogen (secondary N) is 2. The predicted octanol–water partition coefficient (Wildman–Crippen LogP) is 0.951. The van der Waals surface area contributed by atoms with Crippen molar-refractivity contribution in [3.63, 3.8) is 0 Å². The monoisotopic (exact) mass is 381 g/mol. The number of benzene rings is 1. The summed E-state index contributed by atoms with van der Waals surface area (Å²) in [5, 5.41) is 3.65. The van der Waals surface area contributed by atoms with E-state index < -0.39 is 10.0 Å². The Kier molecular flexibility index (Phi) is 5.09. The lowest BCUT2D eigenvalue weighted by Gasteiger charge is -2.41. The molecule has 8 heteroatoms. The van der Waals surface area contributed by atoms with Gasteiger partial charge in [0, 0.05) is 24.2 Å². The summed E-state index contributed by atoms with van der Waals surface area (Å²) in [6.45, 7) is 3.12. The largest absolute Gasteiger partial charge is 0.486 e. The highest BCUT2D eigenvalue weighted by Gasteiger charge is 2.36. The van der Waals surface area contributed by atoms with E-state index >= 15 is 0 Å². The minimum absolute atomic E-state index is 0.0483. The number of rotatable bonds is 5. The first-order valence-corrected chi connectivity index (χ1v) is 10.9. The summed E-state index contributed by atoms with van der Waals surface area (Å²) < 4.78 is 39.3. The van der Waals surface area contributed by atoms with Crippen LogP contribution in [0.15, 0.2) is 23.1 Å². The molecule has 0 radical (unpaired) electrons. The van der Waals surface area contributed by atoms with Gasteiger partial charge in [-0.3, -0.25) is 0 Å². The van der Waals surface area contributed by atoms with E-state index in [-0.39, 0.29) is 17.0 Å². The summed E-state index contributed by atoms with van der Waals surface area (Å²) in [6, 6.07) is 5.45. The molecule has 2 fully saturated rings. The van der Waals surface area contributed by atoms with Crippen LogP contribution < -0.4 is 19.5 Å². The highest BCUT2D eigenvalue weighted by Crippen LogP contribution is 2.33. The van der Waals surface area contributed by atoms with Crippen molar-refractivity contribution in [1.29, 1.82) is 0 Å². The Morgan fingerprint density at radius 2 is 1.69 bits per heavy atom. The smallest absolute Gasteiger partial charge is 0.241 e. The summed E-state index contributed by atoms with van der Waals surface area (Å²) in [5.41, 5.74) is 0. The predicted molar refractivity (Wildman–Crippen MR) is 98.2 cm³/mol. The van der Waals surface area contributed by atoms with Crippen LogP contribution in [0, 0.1) is 0 Å². The van der Waals surface area contributed by atoms with E-state index in [0.29, 0.717) is 30.8 Å². The fourth-order valence-electron chi connectivity index (χ4n) is 3.78. The zero-order valence-corrected chi connectivity index (χ0v) is 15.9. The number of likely N-dealkylation sites (tertiary alicyclic amines) is 1. The first-order valence-electron chi connectivity index (χ1n) is 9.38. The number of fused-ring (bicyclic) bond motifs is 1. The summed E-state index contributed by atoms with van der Waals surface area (Å²) in [5.74, 6) is 1.09. The summed E-state index contributed by atoms with van der Waals surface area (Å²) >= 11 is 0. The average molecular weight is 381 g/mol. The second-order valence-corrected chi connectivity index (χ2v) is 9.18. The lowest BCUT2D eigenvalue weighted by Crippen LogP contribution is -2.59. The van der Waals surface area contributed by atoms with Gasteiger partial charge in [-0.25, -0.2) is 13.1 Å². The van der Waals surface area contributed by atoms with E-state index in [0.717, 1.165) is 38.8 Å². The van der Waals surface area contributed by atoms with E-state index in [1.165, 1.54) is 0 Å². The highest BCUT2D eigenvalue weighted by molar-refractivity contribution is 7.89. The Morgan fingerprint density at radius 3 is 2.38 bits per heavy atom. The van der Waals surface area contributed by atoms with Gasteiger partial charge in [0.2, 0.25) is 10.0 Å². The molecule has 2 aliphatic heterocycles. The molecule has 144 valence electrons. The topological polar surface area (TPSA) is 79.9 Å². The molecule has 1 saturated heterocycles. The van der Waals surface area contributed by atoms with Gasteiger partial charge in [-0.15, -0.1) is 0 Å². The maximum atomic E-state index is 12.8. The summed E-state index contributed by atoms with van der Waals surface area (Å²) in [6.07, 6.45) is 4.12. The third-order valence-electron chi connectivity index (χ3n) is 5.57. The van der Waals surface area contributed by atoms with Gasteiger partial charge in [-0.2, -0.15) is 0 Å². The molecule has 0 amide bonds. The summed E-state index contributed by atoms with van der Waals surface area (Å²) in [4.78, 5) is 2.56. The Hall–Kier alpha value is -1.35. The normalized spacial score (nSPS) is 27.1. The van der Waals surface area contributed by atoms with Crippen molar-refractivity contribution >= 4 is 10.0 Å². The first-order chi connectivity index (χ1) is 12.5. The van der Waals surface area contributed by atoms with Crippen LogP contribution in [0.1, 0.15) is 25.7 Å². The van der Waals surface area contributed by atoms with Crippen molar-refractivity contribution < 1.29 is 17.9 Å². The maximum Gasteiger partial charge on any atom is 0.241 e. The van der Waals surface area contributed by atoms with Crippen LogP contribution in [0.4, 0.5) is 0 Å². The SMILES string of the molecule is CN1CCC(N[C@@H]2CC[C@@H]2NS(=O)(=O)c2ccc3c(c2)OCCO3)CC1. The molecule has 7 nitrogen and oxygen atoms in total.